The van der Waals surface area contributed by atoms with Crippen molar-refractivity contribution >= 4 is 22.0 Å². The largest absolute Gasteiger partial charge is 0.444 e. The Morgan fingerprint density at radius 2 is 2.25 bits per heavy atom. The van der Waals surface area contributed by atoms with Crippen molar-refractivity contribution in [3.05, 3.63) is 33.8 Å². The molecule has 4 nitrogen and oxygen atoms in total. The van der Waals surface area contributed by atoms with Crippen LogP contribution in [0.3, 0.4) is 0 Å². The molecule has 110 valence electrons. The molecule has 0 bridgehead atoms. The van der Waals surface area contributed by atoms with E-state index in [1.54, 1.807) is 20.8 Å². The van der Waals surface area contributed by atoms with Gasteiger partial charge in [-0.15, -0.1) is 0 Å². The van der Waals surface area contributed by atoms with Gasteiger partial charge >= 0.3 is 6.09 Å². The molecule has 0 saturated carbocycles. The van der Waals surface area contributed by atoms with Gasteiger partial charge in [-0.3, -0.25) is 0 Å². The Labute approximate surface area is 130 Å². The van der Waals surface area contributed by atoms with Crippen LogP contribution in [0, 0.1) is 0 Å². The Kier molecular flexibility index (Phi) is 3.40. The van der Waals surface area contributed by atoms with E-state index in [-0.39, 0.29) is 12.8 Å². The van der Waals surface area contributed by atoms with E-state index in [2.05, 4.69) is 21.2 Å². The second-order valence-electron chi connectivity index (χ2n) is 6.05. The Bertz CT molecular complexity index is 595. The zero-order valence-corrected chi connectivity index (χ0v) is 13.4. The average Bonchev–Trinajstić information content (AvgIpc) is 2.66. The third-order valence-electron chi connectivity index (χ3n) is 3.14. The number of nitrogens with one attached hydrogen (secondary N) is 1. The lowest BCUT2D eigenvalue weighted by molar-refractivity contribution is 0.0407. The molecule has 1 aliphatic carbocycles. The Morgan fingerprint density at radius 1 is 1.55 bits per heavy atom. The van der Waals surface area contributed by atoms with Crippen LogP contribution in [0.1, 0.15) is 34.6 Å². The lowest BCUT2D eigenvalue weighted by Gasteiger charge is -2.30. The topological polar surface area (TPSA) is 58.6 Å². The van der Waals surface area contributed by atoms with Gasteiger partial charge in [0.15, 0.2) is 0 Å². The Hall–Kier alpha value is -1.07. The number of carbonyl (C=O) groups is 1. The van der Waals surface area contributed by atoms with Crippen LogP contribution in [0.15, 0.2) is 22.7 Å². The highest BCUT2D eigenvalue weighted by molar-refractivity contribution is 9.10. The lowest BCUT2D eigenvalue weighted by atomic mass is 9.97. The van der Waals surface area contributed by atoms with E-state index in [9.17, 15) is 9.90 Å². The molecule has 5 heteroatoms. The number of carbonyl (C=O) groups excluding carboxylic acids is 1. The van der Waals surface area contributed by atoms with Gasteiger partial charge in [-0.05, 0) is 50.8 Å². The van der Waals surface area contributed by atoms with E-state index < -0.39 is 23.8 Å². The molecular formula is C15H20BrNO3. The van der Waals surface area contributed by atoms with Crippen LogP contribution in [0.4, 0.5) is 4.79 Å². The first-order valence-corrected chi connectivity index (χ1v) is 7.23. The van der Waals surface area contributed by atoms with E-state index in [0.29, 0.717) is 0 Å². The SMILES string of the molecule is [2H]C([2H])(O)C1(NC(=O)OC(C)(C)C)Cc2cccc(Br)c2C1. The van der Waals surface area contributed by atoms with E-state index in [1.165, 1.54) is 0 Å². The summed E-state index contributed by atoms with van der Waals surface area (Å²) in [7, 11) is 0. The van der Waals surface area contributed by atoms with Crippen LogP contribution in [0.2, 0.25) is 0 Å². The van der Waals surface area contributed by atoms with Crippen LogP contribution >= 0.6 is 15.9 Å². The van der Waals surface area contributed by atoms with Gasteiger partial charge in [-0.1, -0.05) is 28.1 Å². The highest BCUT2D eigenvalue weighted by atomic mass is 79.9. The number of halogens is 1. The predicted octanol–water partition coefficient (Wildman–Crippen LogP) is 2.80. The number of amides is 1. The minimum absolute atomic E-state index is 0.187. The first-order chi connectivity index (χ1) is 9.94. The zero-order chi connectivity index (χ0) is 16.8. The highest BCUT2D eigenvalue weighted by Crippen LogP contribution is 2.34. The van der Waals surface area contributed by atoms with Crippen LogP contribution in [0.25, 0.3) is 0 Å². The molecule has 0 heterocycles. The van der Waals surface area contributed by atoms with Crippen molar-refractivity contribution in [2.45, 2.75) is 44.8 Å². The van der Waals surface area contributed by atoms with E-state index in [0.717, 1.165) is 15.6 Å². The molecule has 0 fully saturated rings. The minimum atomic E-state index is -2.58. The van der Waals surface area contributed by atoms with Gasteiger partial charge in [0.25, 0.3) is 0 Å². The van der Waals surface area contributed by atoms with Crippen LogP contribution < -0.4 is 5.32 Å². The number of rotatable bonds is 2. The fraction of sp³-hybridized carbons (Fsp3) is 0.533. The fourth-order valence-electron chi connectivity index (χ4n) is 2.35. The van der Waals surface area contributed by atoms with E-state index >= 15 is 0 Å². The van der Waals surface area contributed by atoms with E-state index in [1.807, 2.05) is 18.2 Å². The van der Waals surface area contributed by atoms with Crippen LogP contribution in [-0.2, 0) is 17.6 Å². The molecular weight excluding hydrogens is 322 g/mol. The number of alkyl carbamates (subject to hydrolysis) is 1. The summed E-state index contributed by atoms with van der Waals surface area (Å²) in [6, 6.07) is 5.57. The molecule has 1 aromatic carbocycles. The van der Waals surface area contributed by atoms with Gasteiger partial charge in [0, 0.05) is 4.47 Å². The van der Waals surface area contributed by atoms with Gasteiger partial charge in [-0.25, -0.2) is 4.79 Å². The van der Waals surface area contributed by atoms with E-state index in [4.69, 9.17) is 7.48 Å². The number of hydrogen-bond donors (Lipinski definition) is 2. The maximum atomic E-state index is 12.1. The number of aliphatic hydroxyl groups is 1. The summed E-state index contributed by atoms with van der Waals surface area (Å²) in [5.41, 5.74) is -0.360. The maximum absolute atomic E-state index is 12.1. The zero-order valence-electron chi connectivity index (χ0n) is 13.8. The fourth-order valence-corrected chi connectivity index (χ4v) is 2.90. The number of ether oxygens (including phenoxy) is 1. The molecule has 0 radical (unpaired) electrons. The number of fused-ring (bicyclic) bond motifs is 1. The number of benzene rings is 1. The highest BCUT2D eigenvalue weighted by Gasteiger charge is 2.40. The molecule has 20 heavy (non-hydrogen) atoms. The lowest BCUT2D eigenvalue weighted by Crippen LogP contribution is -2.53. The normalized spacial score (nSPS) is 23.6. The van der Waals surface area contributed by atoms with Crippen molar-refractivity contribution in [2.75, 3.05) is 6.56 Å². The van der Waals surface area contributed by atoms with Crippen LogP contribution in [0.5, 0.6) is 0 Å². The Morgan fingerprint density at radius 3 is 2.80 bits per heavy atom. The summed E-state index contributed by atoms with van der Waals surface area (Å²) < 4.78 is 21.6. The van der Waals surface area contributed by atoms with Crippen molar-refractivity contribution in [3.63, 3.8) is 0 Å². The molecule has 0 spiro atoms. The van der Waals surface area contributed by atoms with Crippen molar-refractivity contribution in [1.82, 2.24) is 5.32 Å². The molecule has 0 aromatic heterocycles. The average molecular weight is 344 g/mol. The third-order valence-corrected chi connectivity index (χ3v) is 3.88. The van der Waals surface area contributed by atoms with Gasteiger partial charge in [0.05, 0.1) is 14.8 Å². The van der Waals surface area contributed by atoms with Crippen LogP contribution in [-0.4, -0.2) is 28.9 Å². The quantitative estimate of drug-likeness (QED) is 0.867. The van der Waals surface area contributed by atoms with Gasteiger partial charge < -0.3 is 15.2 Å². The molecule has 1 amide bonds. The van der Waals surface area contributed by atoms with Crippen molar-refractivity contribution in [3.8, 4) is 0 Å². The summed E-state index contributed by atoms with van der Waals surface area (Å²) in [6.07, 6.45) is -0.355. The monoisotopic (exact) mass is 343 g/mol. The molecule has 2 rings (SSSR count). The first kappa shape index (κ1) is 12.7. The van der Waals surface area contributed by atoms with Gasteiger partial charge in [0.2, 0.25) is 0 Å². The van der Waals surface area contributed by atoms with Gasteiger partial charge in [0.1, 0.15) is 5.60 Å². The second kappa shape index (κ2) is 5.37. The first-order valence-electron chi connectivity index (χ1n) is 7.43. The predicted molar refractivity (Wildman–Crippen MR) is 80.7 cm³/mol. The summed E-state index contributed by atoms with van der Waals surface area (Å²) in [5.74, 6) is 0. The molecule has 2 N–H and O–H groups in total. The van der Waals surface area contributed by atoms with Gasteiger partial charge in [-0.2, -0.15) is 0 Å². The molecule has 1 unspecified atom stereocenters. The molecule has 0 aliphatic heterocycles. The summed E-state index contributed by atoms with van der Waals surface area (Å²) in [4.78, 5) is 12.1. The molecule has 1 atom stereocenters. The second-order valence-corrected chi connectivity index (χ2v) is 6.91. The smallest absolute Gasteiger partial charge is 0.408 e. The standard InChI is InChI=1S/C15H20BrNO3/c1-14(2,3)20-13(19)17-15(9-18)7-10-5-4-6-12(16)11(10)8-15/h4-6,18H,7-9H2,1-3H3,(H,17,19)/i9D2. The molecule has 0 saturated heterocycles. The maximum Gasteiger partial charge on any atom is 0.408 e. The molecule has 1 aliphatic rings. The Balaban J connectivity index is 2.30. The summed E-state index contributed by atoms with van der Waals surface area (Å²) in [6.45, 7) is 2.61. The van der Waals surface area contributed by atoms with Crippen molar-refractivity contribution < 1.29 is 17.4 Å². The summed E-state index contributed by atoms with van der Waals surface area (Å²) in [5, 5.41) is 12.6. The summed E-state index contributed by atoms with van der Waals surface area (Å²) >= 11 is 3.43. The van der Waals surface area contributed by atoms with Crippen molar-refractivity contribution in [1.29, 1.82) is 0 Å². The third kappa shape index (κ3) is 3.33. The molecule has 1 aromatic rings. The minimum Gasteiger partial charge on any atom is -0.444 e. The number of hydrogen-bond acceptors (Lipinski definition) is 3. The van der Waals surface area contributed by atoms with Crippen molar-refractivity contribution in [2.24, 2.45) is 0 Å².